The Kier molecular flexibility index (Phi) is 77.0. The molecule has 6 atom stereocenters. The van der Waals surface area contributed by atoms with E-state index in [0.717, 1.165) is 128 Å². The first-order chi connectivity index (χ1) is 58.3. The number of rotatable bonds is 89. The minimum Gasteiger partial charge on any atom is -0.492 e. The van der Waals surface area contributed by atoms with Crippen LogP contribution in [0.1, 0.15) is 394 Å². The number of allylic oxidation sites excluding steroid dienone is 4. The first-order valence-electron chi connectivity index (χ1n) is 48.0. The van der Waals surface area contributed by atoms with Gasteiger partial charge in [0.15, 0.2) is 0 Å². The molecule has 8 N–H and O–H groups in total. The normalized spacial score (nSPS) is 14.0. The number of carbonyl (C=O) groups excluding carboxylic acids is 6. The van der Waals surface area contributed by atoms with Gasteiger partial charge < -0.3 is 60.5 Å². The minimum absolute atomic E-state index is 0.0764. The Labute approximate surface area is 727 Å². The van der Waals surface area contributed by atoms with Crippen LogP contribution in [0.2, 0.25) is 0 Å². The number of phosphoric acid groups is 2. The van der Waals surface area contributed by atoms with Crippen molar-refractivity contribution >= 4 is 51.2 Å². The van der Waals surface area contributed by atoms with E-state index >= 15 is 0 Å². The number of nitrogens with two attached hydrogens (primary N) is 1. The number of hydrogen-bond acceptors (Lipinski definition) is 18. The highest BCUT2D eigenvalue weighted by Crippen LogP contribution is 2.44. The molecule has 0 bridgehead atoms. The quantitative estimate of drug-likeness (QED) is 0.0105. The molecule has 698 valence electrons. The monoisotopic (exact) mass is 1740 g/mol. The maximum atomic E-state index is 14.0. The number of hydrogen-bond donors (Lipinski definition) is 7. The summed E-state index contributed by atoms with van der Waals surface area (Å²) in [5.41, 5.74) is 6.22. The molecule has 0 heterocycles. The summed E-state index contributed by atoms with van der Waals surface area (Å²) < 4.78 is 78.6. The molecule has 24 nitrogen and oxygen atoms in total. The zero-order valence-corrected chi connectivity index (χ0v) is 78.0. The van der Waals surface area contributed by atoms with Crippen LogP contribution in [-0.4, -0.2) is 149 Å². The van der Waals surface area contributed by atoms with Crippen molar-refractivity contribution in [1.29, 1.82) is 0 Å². The van der Waals surface area contributed by atoms with Gasteiger partial charge in [0.05, 0.1) is 64.9 Å². The Balaban J connectivity index is 3.20. The largest absolute Gasteiger partial charge is 0.492 e. The standard InChI is InChI=1S/C94H173N5O19P2/c1-7-13-19-25-29-33-35-39-41-47-53-59-89(100)98-83(78-110-72-67-86(57-51-45-23-17-11-5)117-91(102)61-55-49-43-37-31-27-21-15-9-3)80-115-119(106,107)113-75-70-96-93(104)88(77-82-63-65-85(66-64-82)112-74-69-95)94(105)97-71-76-114-120(108,109)116-81-84(99-90(101)60-54-48-42-40-36-34-30-26-20-14-8-2)79-111-73-68-87(58-52-46-24-18-12-6)118-92(103)62-56-50-44-38-32-28-22-16-10-4/h37-38,43-44,63-66,83-84,86-88H,7-36,39-42,45-62,67-81,95H2,1-6H3,(H,96,104)(H,97,105)(H,98,100)(H,99,101)(H,106,107)(H,108,109). The van der Waals surface area contributed by atoms with E-state index in [-0.39, 0.29) is 108 Å². The Morgan fingerprint density at radius 2 is 0.700 bits per heavy atom. The molecular formula is C94H173N5O19P2. The Morgan fingerprint density at radius 3 is 1.05 bits per heavy atom. The summed E-state index contributed by atoms with van der Waals surface area (Å²) >= 11 is 0. The Morgan fingerprint density at radius 1 is 0.375 bits per heavy atom. The van der Waals surface area contributed by atoms with Crippen molar-refractivity contribution in [3.8, 4) is 5.75 Å². The lowest BCUT2D eigenvalue weighted by Gasteiger charge is -2.22. The molecule has 0 radical (unpaired) electrons. The molecule has 0 saturated heterocycles. The maximum absolute atomic E-state index is 14.0. The predicted molar refractivity (Wildman–Crippen MR) is 485 cm³/mol. The second-order valence-electron chi connectivity index (χ2n) is 32.7. The third kappa shape index (κ3) is 71.7. The molecular weight excluding hydrogens is 1560 g/mol. The smallest absolute Gasteiger partial charge is 0.472 e. The number of nitrogens with one attached hydrogen (secondary N) is 4. The summed E-state index contributed by atoms with van der Waals surface area (Å²) in [4.78, 5) is 103. The van der Waals surface area contributed by atoms with E-state index in [9.17, 15) is 47.7 Å². The minimum atomic E-state index is -4.84. The lowest BCUT2D eigenvalue weighted by molar-refractivity contribution is -0.151. The molecule has 26 heteroatoms. The van der Waals surface area contributed by atoms with Gasteiger partial charge in [-0.2, -0.15) is 0 Å². The number of ether oxygens (including phenoxy) is 5. The van der Waals surface area contributed by atoms with Crippen LogP contribution in [0.4, 0.5) is 0 Å². The molecule has 1 aromatic rings. The molecule has 0 aliphatic carbocycles. The van der Waals surface area contributed by atoms with Crippen LogP contribution >= 0.6 is 15.6 Å². The second-order valence-corrected chi connectivity index (χ2v) is 35.6. The van der Waals surface area contributed by atoms with Crippen LogP contribution in [0, 0.1) is 5.92 Å². The molecule has 6 unspecified atom stereocenters. The summed E-state index contributed by atoms with van der Waals surface area (Å²) in [6.45, 7) is 11.3. The first-order valence-corrected chi connectivity index (χ1v) is 51.0. The highest BCUT2D eigenvalue weighted by molar-refractivity contribution is 7.47. The van der Waals surface area contributed by atoms with Crippen LogP contribution in [0.15, 0.2) is 48.6 Å². The van der Waals surface area contributed by atoms with Gasteiger partial charge in [-0.1, -0.05) is 296 Å². The molecule has 0 spiro atoms. The predicted octanol–water partition coefficient (Wildman–Crippen LogP) is 21.8. The SMILES string of the molecule is CCCCCCC=CCCCC(=O)OC(CCCCCCC)CCOCC(COP(=O)(O)OCCNC(=O)C(Cc1ccc(OCCN)cc1)C(=O)NCCOP(=O)(O)OCC(COCCC(CCCCCCC)OC(=O)CCCC=CCCCCCC)NC(=O)CCCCCCCCCCCCC)NC(=O)CCCCCCCCCCCCC. The van der Waals surface area contributed by atoms with Gasteiger partial charge in [-0.3, -0.25) is 46.9 Å². The van der Waals surface area contributed by atoms with E-state index in [2.05, 4.69) is 87.1 Å². The molecule has 1 rings (SSSR count). The van der Waals surface area contributed by atoms with Gasteiger partial charge in [0.2, 0.25) is 23.6 Å². The lowest BCUT2D eigenvalue weighted by Crippen LogP contribution is -2.44. The third-order valence-corrected chi connectivity index (χ3v) is 23.2. The topological polar surface area (TPSA) is 334 Å². The van der Waals surface area contributed by atoms with Crippen molar-refractivity contribution < 1.29 is 89.5 Å². The molecule has 0 saturated carbocycles. The van der Waals surface area contributed by atoms with Crippen molar-refractivity contribution in [2.24, 2.45) is 11.7 Å². The van der Waals surface area contributed by atoms with Crippen LogP contribution < -0.4 is 31.7 Å². The lowest BCUT2D eigenvalue weighted by atomic mass is 9.97. The van der Waals surface area contributed by atoms with E-state index in [1.807, 2.05) is 0 Å². The van der Waals surface area contributed by atoms with Gasteiger partial charge in [0.1, 0.15) is 30.5 Å². The molecule has 0 fully saturated rings. The maximum Gasteiger partial charge on any atom is 0.472 e. The number of carbonyl (C=O) groups is 6. The van der Waals surface area contributed by atoms with Crippen molar-refractivity contribution in [1.82, 2.24) is 21.3 Å². The summed E-state index contributed by atoms with van der Waals surface area (Å²) in [5, 5.41) is 11.1. The van der Waals surface area contributed by atoms with Crippen LogP contribution in [0.3, 0.4) is 0 Å². The molecule has 120 heavy (non-hydrogen) atoms. The van der Waals surface area contributed by atoms with Crippen LogP contribution in [-0.2, 0) is 81.4 Å². The summed E-state index contributed by atoms with van der Waals surface area (Å²) in [6.07, 6.45) is 61.2. The average Bonchev–Trinajstić information content (AvgIpc) is 0.873. The zero-order chi connectivity index (χ0) is 87.7. The van der Waals surface area contributed by atoms with Gasteiger partial charge >= 0.3 is 27.6 Å². The first kappa shape index (κ1) is 113. The fourth-order valence-electron chi connectivity index (χ4n) is 14.0. The molecule has 0 aliphatic rings. The second kappa shape index (κ2) is 81.5. The summed E-state index contributed by atoms with van der Waals surface area (Å²) in [5.74, 6) is -3.43. The van der Waals surface area contributed by atoms with Gasteiger partial charge in [-0.15, -0.1) is 0 Å². The van der Waals surface area contributed by atoms with E-state index in [1.54, 1.807) is 24.3 Å². The fraction of sp³-hybridized carbons (Fsp3) is 0.830. The van der Waals surface area contributed by atoms with Crippen molar-refractivity contribution in [2.75, 3.05) is 79.1 Å². The van der Waals surface area contributed by atoms with Crippen LogP contribution in [0.25, 0.3) is 0 Å². The van der Waals surface area contributed by atoms with E-state index in [0.29, 0.717) is 75.5 Å². The summed E-state index contributed by atoms with van der Waals surface area (Å²) in [7, 11) is -9.68. The molecule has 1 aromatic carbocycles. The number of benzene rings is 1. The highest BCUT2D eigenvalue weighted by atomic mass is 31.2. The zero-order valence-electron chi connectivity index (χ0n) is 76.2. The van der Waals surface area contributed by atoms with E-state index in [1.165, 1.54) is 141 Å². The van der Waals surface area contributed by atoms with Crippen molar-refractivity contribution in [3.63, 3.8) is 0 Å². The highest BCUT2D eigenvalue weighted by Gasteiger charge is 2.31. The van der Waals surface area contributed by atoms with Gasteiger partial charge in [-0.25, -0.2) is 9.13 Å². The van der Waals surface area contributed by atoms with Crippen LogP contribution in [0.5, 0.6) is 5.75 Å². The molecule has 4 amide bonds. The molecule has 0 aromatic heterocycles. The Bertz CT molecular complexity index is 2630. The van der Waals surface area contributed by atoms with Crippen molar-refractivity contribution in [3.05, 3.63) is 54.1 Å². The summed E-state index contributed by atoms with van der Waals surface area (Å²) in [6, 6.07) is 5.01. The molecule has 0 aliphatic heterocycles. The third-order valence-electron chi connectivity index (χ3n) is 21.3. The Hall–Kier alpha value is -4.58. The fourth-order valence-corrected chi connectivity index (χ4v) is 15.5. The number of esters is 2. The van der Waals surface area contributed by atoms with Gasteiger partial charge in [-0.05, 0) is 114 Å². The van der Waals surface area contributed by atoms with E-state index < -0.39 is 71.9 Å². The van der Waals surface area contributed by atoms with Gasteiger partial charge in [0.25, 0.3) is 0 Å². The van der Waals surface area contributed by atoms with Gasteiger partial charge in [0, 0.05) is 58.2 Å². The van der Waals surface area contributed by atoms with E-state index in [4.69, 9.17) is 47.5 Å². The number of unbranched alkanes of at least 4 members (excludes halogenated alkanes) is 38. The van der Waals surface area contributed by atoms with Crippen molar-refractivity contribution in [2.45, 2.75) is 419 Å². The average molecular weight is 1740 g/mol. The number of phosphoric ester groups is 2. The number of amides is 4.